The van der Waals surface area contributed by atoms with Crippen LogP contribution in [0.15, 0.2) is 18.2 Å². The van der Waals surface area contributed by atoms with Crippen molar-refractivity contribution in [2.45, 2.75) is 45.1 Å². The molecular weight excluding hydrogens is 210 g/mol. The van der Waals surface area contributed by atoms with Crippen molar-refractivity contribution < 1.29 is 4.74 Å². The van der Waals surface area contributed by atoms with Crippen LogP contribution < -0.4 is 4.74 Å². The van der Waals surface area contributed by atoms with E-state index in [1.54, 1.807) is 0 Å². The maximum atomic E-state index is 9.25. The van der Waals surface area contributed by atoms with Gasteiger partial charge >= 0.3 is 0 Å². The van der Waals surface area contributed by atoms with Gasteiger partial charge in [0.2, 0.25) is 0 Å². The van der Waals surface area contributed by atoms with Crippen molar-refractivity contribution in [1.29, 1.82) is 5.26 Å². The quantitative estimate of drug-likeness (QED) is 0.776. The smallest absolute Gasteiger partial charge is 0.123 e. The zero-order valence-corrected chi connectivity index (χ0v) is 10.2. The van der Waals surface area contributed by atoms with Crippen molar-refractivity contribution in [1.82, 2.24) is 0 Å². The minimum absolute atomic E-state index is 0.0816. The maximum Gasteiger partial charge on any atom is 0.123 e. The van der Waals surface area contributed by atoms with Gasteiger partial charge < -0.3 is 4.74 Å². The van der Waals surface area contributed by atoms with Crippen molar-refractivity contribution in [2.75, 3.05) is 0 Å². The van der Waals surface area contributed by atoms with Crippen molar-refractivity contribution in [3.63, 3.8) is 0 Å². The van der Waals surface area contributed by atoms with Gasteiger partial charge in [-0.3, -0.25) is 0 Å². The van der Waals surface area contributed by atoms with E-state index in [2.05, 4.69) is 31.2 Å². The molecular formula is C15H17NO. The number of aryl methyl sites for hydroxylation is 1. The van der Waals surface area contributed by atoms with Gasteiger partial charge in [0.15, 0.2) is 0 Å². The number of benzene rings is 1. The summed E-state index contributed by atoms with van der Waals surface area (Å²) in [5.74, 6) is 1.02. The first-order valence-corrected chi connectivity index (χ1v) is 6.38. The third-order valence-corrected chi connectivity index (χ3v) is 4.12. The Morgan fingerprint density at radius 2 is 2.29 bits per heavy atom. The molecule has 0 N–H and O–H groups in total. The number of ether oxygens (including phenoxy) is 1. The van der Waals surface area contributed by atoms with Crippen LogP contribution in [0.3, 0.4) is 0 Å². The fourth-order valence-electron chi connectivity index (χ4n) is 2.96. The summed E-state index contributed by atoms with van der Waals surface area (Å²) in [7, 11) is 0. The van der Waals surface area contributed by atoms with E-state index in [0.717, 1.165) is 31.4 Å². The van der Waals surface area contributed by atoms with Crippen LogP contribution in [0.1, 0.15) is 36.8 Å². The lowest BCUT2D eigenvalue weighted by atomic mass is 9.66. The summed E-state index contributed by atoms with van der Waals surface area (Å²) < 4.78 is 5.94. The molecule has 0 bridgehead atoms. The first kappa shape index (κ1) is 10.7. The van der Waals surface area contributed by atoms with Crippen LogP contribution >= 0.6 is 0 Å². The van der Waals surface area contributed by atoms with Gasteiger partial charge in [-0.1, -0.05) is 24.1 Å². The average Bonchev–Trinajstić information content (AvgIpc) is 2.65. The molecule has 1 aliphatic carbocycles. The topological polar surface area (TPSA) is 33.0 Å². The number of hydrogen-bond acceptors (Lipinski definition) is 2. The summed E-state index contributed by atoms with van der Waals surface area (Å²) in [6.45, 7) is 2.11. The van der Waals surface area contributed by atoms with E-state index in [9.17, 15) is 5.26 Å². The van der Waals surface area contributed by atoms with E-state index < -0.39 is 0 Å². The molecule has 1 saturated carbocycles. The zero-order valence-electron chi connectivity index (χ0n) is 10.2. The summed E-state index contributed by atoms with van der Waals surface area (Å²) in [6.07, 6.45) is 5.40. The summed E-state index contributed by atoms with van der Waals surface area (Å²) >= 11 is 0. The molecule has 1 aromatic carbocycles. The van der Waals surface area contributed by atoms with Crippen molar-refractivity contribution >= 4 is 0 Å². The first-order valence-electron chi connectivity index (χ1n) is 6.38. The SMILES string of the molecule is Cc1ccc2c(c1)CC(CC1(C#N)CCC1)O2. The fourth-order valence-corrected chi connectivity index (χ4v) is 2.96. The zero-order chi connectivity index (χ0) is 11.9. The van der Waals surface area contributed by atoms with Gasteiger partial charge in [-0.2, -0.15) is 5.26 Å². The van der Waals surface area contributed by atoms with Crippen LogP contribution in [0.4, 0.5) is 0 Å². The van der Waals surface area contributed by atoms with E-state index in [1.165, 1.54) is 17.5 Å². The molecule has 3 rings (SSSR count). The van der Waals surface area contributed by atoms with E-state index >= 15 is 0 Å². The Bertz CT molecular complexity index is 482. The highest BCUT2D eigenvalue weighted by Gasteiger charge is 2.41. The van der Waals surface area contributed by atoms with Gasteiger partial charge in [-0.15, -0.1) is 0 Å². The number of nitriles is 1. The van der Waals surface area contributed by atoms with Gasteiger partial charge in [0, 0.05) is 12.8 Å². The molecule has 0 saturated heterocycles. The molecule has 0 spiro atoms. The molecule has 0 aromatic heterocycles. The van der Waals surface area contributed by atoms with E-state index in [4.69, 9.17) is 4.74 Å². The number of hydrogen-bond donors (Lipinski definition) is 0. The molecule has 88 valence electrons. The average molecular weight is 227 g/mol. The first-order chi connectivity index (χ1) is 8.21. The molecule has 1 unspecified atom stereocenters. The number of fused-ring (bicyclic) bond motifs is 1. The second kappa shape index (κ2) is 3.77. The molecule has 2 nitrogen and oxygen atoms in total. The van der Waals surface area contributed by atoms with Crippen LogP contribution in [-0.2, 0) is 6.42 Å². The summed E-state index contributed by atoms with van der Waals surface area (Å²) in [6, 6.07) is 8.85. The standard InChI is InChI=1S/C15H17NO/c1-11-3-4-14-12(7-11)8-13(17-14)9-15(10-16)5-2-6-15/h3-4,7,13H,2,5-6,8-9H2,1H3. The second-order valence-corrected chi connectivity index (χ2v) is 5.50. The largest absolute Gasteiger partial charge is 0.490 e. The van der Waals surface area contributed by atoms with Crippen molar-refractivity contribution in [2.24, 2.45) is 5.41 Å². The van der Waals surface area contributed by atoms with E-state index in [-0.39, 0.29) is 11.5 Å². The lowest BCUT2D eigenvalue weighted by Crippen LogP contribution is -2.33. The molecule has 1 heterocycles. The summed E-state index contributed by atoms with van der Waals surface area (Å²) in [4.78, 5) is 0. The Balaban J connectivity index is 1.72. The lowest BCUT2D eigenvalue weighted by Gasteiger charge is -2.36. The Labute approximate surface area is 102 Å². The third-order valence-electron chi connectivity index (χ3n) is 4.12. The highest BCUT2D eigenvalue weighted by atomic mass is 16.5. The Hall–Kier alpha value is -1.49. The molecule has 17 heavy (non-hydrogen) atoms. The summed E-state index contributed by atoms with van der Waals surface area (Å²) in [5, 5.41) is 9.25. The molecule has 1 fully saturated rings. The van der Waals surface area contributed by atoms with Gasteiger partial charge in [-0.25, -0.2) is 0 Å². The molecule has 2 heteroatoms. The van der Waals surface area contributed by atoms with Crippen LogP contribution in [0.25, 0.3) is 0 Å². The van der Waals surface area contributed by atoms with Crippen LogP contribution in [0, 0.1) is 23.7 Å². The fraction of sp³-hybridized carbons (Fsp3) is 0.533. The molecule has 0 amide bonds. The molecule has 1 aliphatic heterocycles. The van der Waals surface area contributed by atoms with Crippen molar-refractivity contribution in [3.8, 4) is 11.8 Å². The molecule has 2 aliphatic rings. The van der Waals surface area contributed by atoms with E-state index in [1.807, 2.05) is 0 Å². The molecule has 1 atom stereocenters. The predicted molar refractivity (Wildman–Crippen MR) is 65.8 cm³/mol. The Morgan fingerprint density at radius 1 is 1.47 bits per heavy atom. The highest BCUT2D eigenvalue weighted by molar-refractivity contribution is 5.40. The van der Waals surface area contributed by atoms with Crippen LogP contribution in [0.5, 0.6) is 5.75 Å². The Morgan fingerprint density at radius 3 is 2.94 bits per heavy atom. The van der Waals surface area contributed by atoms with Gasteiger partial charge in [0.1, 0.15) is 11.9 Å². The predicted octanol–water partition coefficient (Wildman–Crippen LogP) is 3.38. The molecule has 1 aromatic rings. The van der Waals surface area contributed by atoms with Crippen LogP contribution in [-0.4, -0.2) is 6.10 Å². The third kappa shape index (κ3) is 1.80. The summed E-state index contributed by atoms with van der Waals surface area (Å²) in [5.41, 5.74) is 2.51. The van der Waals surface area contributed by atoms with E-state index in [0.29, 0.717) is 0 Å². The normalized spacial score (nSPS) is 24.4. The van der Waals surface area contributed by atoms with Crippen LogP contribution in [0.2, 0.25) is 0 Å². The van der Waals surface area contributed by atoms with Gasteiger partial charge in [-0.05, 0) is 31.4 Å². The number of nitrogens with zero attached hydrogens (tertiary/aromatic N) is 1. The minimum atomic E-state index is -0.0816. The highest BCUT2D eigenvalue weighted by Crippen LogP contribution is 2.46. The van der Waals surface area contributed by atoms with Gasteiger partial charge in [0.25, 0.3) is 0 Å². The monoisotopic (exact) mass is 227 g/mol. The molecule has 0 radical (unpaired) electrons. The maximum absolute atomic E-state index is 9.25. The van der Waals surface area contributed by atoms with Crippen molar-refractivity contribution in [3.05, 3.63) is 29.3 Å². The number of rotatable bonds is 2. The second-order valence-electron chi connectivity index (χ2n) is 5.50. The minimum Gasteiger partial charge on any atom is -0.490 e. The van der Waals surface area contributed by atoms with Gasteiger partial charge in [0.05, 0.1) is 11.5 Å². The lowest BCUT2D eigenvalue weighted by molar-refractivity contribution is 0.111. The Kier molecular flexibility index (Phi) is 2.36.